The van der Waals surface area contributed by atoms with E-state index in [1.54, 1.807) is 11.8 Å². The number of fused-ring (bicyclic) bond motifs is 1. The second-order valence-corrected chi connectivity index (χ2v) is 8.54. The molecule has 1 N–H and O–H groups in total. The van der Waals surface area contributed by atoms with Gasteiger partial charge in [0.25, 0.3) is 0 Å². The molecule has 3 rings (SSSR count). The molecule has 152 valence electrons. The predicted octanol–water partition coefficient (Wildman–Crippen LogP) is 1.29. The fourth-order valence-electron chi connectivity index (χ4n) is 4.38. The van der Waals surface area contributed by atoms with Gasteiger partial charge in [-0.25, -0.2) is 0 Å². The maximum Gasteiger partial charge on any atom is 0.326 e. The van der Waals surface area contributed by atoms with Crippen LogP contribution in [0.15, 0.2) is 24.3 Å². The topological polar surface area (TPSA) is 79.0 Å². The molecule has 7 nitrogen and oxygen atoms in total. The molecule has 2 saturated heterocycles. The molecule has 0 saturated carbocycles. The van der Waals surface area contributed by atoms with Crippen molar-refractivity contribution in [3.63, 3.8) is 0 Å². The van der Waals surface area contributed by atoms with Crippen molar-refractivity contribution in [2.75, 3.05) is 45.2 Å². The van der Waals surface area contributed by atoms with Crippen LogP contribution in [-0.4, -0.2) is 68.5 Å². The zero-order valence-corrected chi connectivity index (χ0v) is 17.7. The average molecular weight is 406 g/mol. The van der Waals surface area contributed by atoms with Gasteiger partial charge in [0, 0.05) is 32.9 Å². The normalized spacial score (nSPS) is 29.2. The monoisotopic (exact) mass is 405 g/mol. The average Bonchev–Trinajstić information content (AvgIpc) is 3.16. The summed E-state index contributed by atoms with van der Waals surface area (Å²) in [7, 11) is 6.73. The Hall–Kier alpha value is -2.06. The summed E-state index contributed by atoms with van der Waals surface area (Å²) in [5.41, 5.74) is 0.711. The zero-order valence-electron chi connectivity index (χ0n) is 16.9. The zero-order chi connectivity index (χ0) is 20.6. The van der Waals surface area contributed by atoms with Crippen molar-refractivity contribution >= 4 is 35.2 Å². The van der Waals surface area contributed by atoms with Gasteiger partial charge in [-0.1, -0.05) is 12.1 Å². The molecule has 1 aromatic rings. The molecule has 0 aromatic heterocycles. The summed E-state index contributed by atoms with van der Waals surface area (Å²) >= 11 is 1.59. The van der Waals surface area contributed by atoms with Crippen molar-refractivity contribution in [3.05, 3.63) is 29.8 Å². The number of hydrogen-bond donors (Lipinski definition) is 1. The van der Waals surface area contributed by atoms with E-state index in [9.17, 15) is 14.4 Å². The number of imide groups is 1. The number of ether oxygens (including phenoxy) is 1. The molecule has 0 unspecified atom stereocenters. The molecule has 2 amide bonds. The third-order valence-corrected chi connectivity index (χ3v) is 6.51. The van der Waals surface area contributed by atoms with Crippen molar-refractivity contribution in [2.24, 2.45) is 11.8 Å². The number of nitrogens with zero attached hydrogens (tertiary/aromatic N) is 2. The summed E-state index contributed by atoms with van der Waals surface area (Å²) < 4.78 is 5.10. The maximum absolute atomic E-state index is 13.0. The highest BCUT2D eigenvalue weighted by molar-refractivity contribution is 7.98. The lowest BCUT2D eigenvalue weighted by atomic mass is 9.78. The second kappa shape index (κ2) is 7.75. The third-order valence-electron chi connectivity index (χ3n) is 5.89. The molecule has 0 aliphatic carbocycles. The van der Waals surface area contributed by atoms with Crippen LogP contribution in [0.2, 0.25) is 0 Å². The Morgan fingerprint density at radius 1 is 1.25 bits per heavy atom. The van der Waals surface area contributed by atoms with Gasteiger partial charge in [0.15, 0.2) is 0 Å². The van der Waals surface area contributed by atoms with Crippen molar-refractivity contribution in [1.82, 2.24) is 10.2 Å². The van der Waals surface area contributed by atoms with Crippen LogP contribution in [0.4, 0.5) is 5.69 Å². The van der Waals surface area contributed by atoms with Crippen LogP contribution >= 0.6 is 11.8 Å². The summed E-state index contributed by atoms with van der Waals surface area (Å²) in [6.45, 7) is 0. The second-order valence-electron chi connectivity index (χ2n) is 7.55. The van der Waals surface area contributed by atoms with Gasteiger partial charge in [0.2, 0.25) is 11.8 Å². The van der Waals surface area contributed by atoms with Gasteiger partial charge in [0.05, 0.1) is 18.9 Å². The highest BCUT2D eigenvalue weighted by atomic mass is 32.2. The molecule has 2 fully saturated rings. The lowest BCUT2D eigenvalue weighted by Gasteiger charge is -2.32. The number of methoxy groups -OCH3 is 1. The van der Waals surface area contributed by atoms with E-state index < -0.39 is 29.4 Å². The third kappa shape index (κ3) is 3.08. The predicted molar refractivity (Wildman–Crippen MR) is 109 cm³/mol. The van der Waals surface area contributed by atoms with E-state index >= 15 is 0 Å². The van der Waals surface area contributed by atoms with Crippen molar-refractivity contribution < 1.29 is 19.1 Å². The van der Waals surface area contributed by atoms with Gasteiger partial charge < -0.3 is 9.64 Å². The maximum atomic E-state index is 13.0. The van der Waals surface area contributed by atoms with Crippen LogP contribution in [0.25, 0.3) is 0 Å². The van der Waals surface area contributed by atoms with Crippen molar-refractivity contribution in [1.29, 1.82) is 0 Å². The van der Waals surface area contributed by atoms with Gasteiger partial charge >= 0.3 is 5.97 Å². The number of amides is 2. The summed E-state index contributed by atoms with van der Waals surface area (Å²) in [4.78, 5) is 41.9. The van der Waals surface area contributed by atoms with Gasteiger partial charge in [-0.3, -0.25) is 24.6 Å². The SMILES string of the molecule is COC(=O)[C@]1(CCSC)N[C@H](c2ccc(N(C)C)cc2)[C@H]2C(=O)N(C)C(=O)[C@@H]21. The van der Waals surface area contributed by atoms with Crippen LogP contribution in [-0.2, 0) is 19.1 Å². The standard InChI is InChI=1S/C20H27N3O4S/c1-22(2)13-8-6-12(7-9-13)16-14-15(18(25)23(3)17(14)24)20(21-16,10-11-28-5)19(26)27-4/h6-9,14-16,21H,10-11H2,1-5H3/t14-,15+,16+,20+/m0/s1. The first-order chi connectivity index (χ1) is 13.3. The first-order valence-corrected chi connectivity index (χ1v) is 10.6. The van der Waals surface area contributed by atoms with E-state index in [1.165, 1.54) is 14.2 Å². The van der Waals surface area contributed by atoms with Crippen LogP contribution in [0.3, 0.4) is 0 Å². The molecule has 4 atom stereocenters. The van der Waals surface area contributed by atoms with Gasteiger partial charge in [-0.15, -0.1) is 0 Å². The first kappa shape index (κ1) is 20.7. The van der Waals surface area contributed by atoms with Crippen LogP contribution in [0, 0.1) is 11.8 Å². The number of anilines is 1. The Morgan fingerprint density at radius 2 is 1.89 bits per heavy atom. The Morgan fingerprint density at radius 3 is 2.43 bits per heavy atom. The Kier molecular flexibility index (Phi) is 5.72. The first-order valence-electron chi connectivity index (χ1n) is 9.22. The molecule has 2 aliphatic rings. The van der Waals surface area contributed by atoms with Crippen LogP contribution in [0.1, 0.15) is 18.0 Å². The van der Waals surface area contributed by atoms with Gasteiger partial charge in [0.1, 0.15) is 5.54 Å². The number of benzene rings is 1. The fraction of sp³-hybridized carbons (Fsp3) is 0.550. The quantitative estimate of drug-likeness (QED) is 0.564. The van der Waals surface area contributed by atoms with Gasteiger partial charge in [-0.2, -0.15) is 11.8 Å². The molecule has 0 bridgehead atoms. The largest absolute Gasteiger partial charge is 0.468 e. The summed E-state index contributed by atoms with van der Waals surface area (Å²) in [6, 6.07) is 7.40. The number of likely N-dealkylation sites (tertiary alicyclic amines) is 1. The van der Waals surface area contributed by atoms with E-state index in [1.807, 2.05) is 49.5 Å². The minimum atomic E-state index is -1.20. The lowest BCUT2D eigenvalue weighted by Crippen LogP contribution is -2.56. The van der Waals surface area contributed by atoms with Gasteiger partial charge in [-0.05, 0) is 36.1 Å². The molecule has 8 heteroatoms. The van der Waals surface area contributed by atoms with Crippen LogP contribution < -0.4 is 10.2 Å². The number of nitrogens with one attached hydrogen (secondary N) is 1. The number of thioether (sulfide) groups is 1. The van der Waals surface area contributed by atoms with E-state index in [0.29, 0.717) is 12.2 Å². The molecular formula is C20H27N3O4S. The number of rotatable bonds is 6. The van der Waals surface area contributed by atoms with Crippen molar-refractivity contribution in [2.45, 2.75) is 18.0 Å². The molecule has 1 aromatic carbocycles. The molecular weight excluding hydrogens is 378 g/mol. The smallest absolute Gasteiger partial charge is 0.326 e. The number of hydrogen-bond acceptors (Lipinski definition) is 7. The lowest BCUT2D eigenvalue weighted by molar-refractivity contribution is -0.154. The van der Waals surface area contributed by atoms with E-state index in [2.05, 4.69) is 5.32 Å². The Bertz CT molecular complexity index is 782. The minimum Gasteiger partial charge on any atom is -0.468 e. The summed E-state index contributed by atoms with van der Waals surface area (Å²) in [6.07, 6.45) is 2.36. The Balaban J connectivity index is 2.08. The van der Waals surface area contributed by atoms with E-state index in [-0.39, 0.29) is 11.8 Å². The summed E-state index contributed by atoms with van der Waals surface area (Å²) in [5.74, 6) is -1.77. The highest BCUT2D eigenvalue weighted by Crippen LogP contribution is 2.50. The van der Waals surface area contributed by atoms with Crippen molar-refractivity contribution in [3.8, 4) is 0 Å². The number of esters is 1. The number of carbonyl (C=O) groups excluding carboxylic acids is 3. The Labute approximate surface area is 169 Å². The minimum absolute atomic E-state index is 0.251. The summed E-state index contributed by atoms with van der Waals surface area (Å²) in [5, 5.41) is 3.37. The van der Waals surface area contributed by atoms with E-state index in [0.717, 1.165) is 16.2 Å². The molecule has 0 radical (unpaired) electrons. The molecule has 28 heavy (non-hydrogen) atoms. The highest BCUT2D eigenvalue weighted by Gasteiger charge is 2.67. The van der Waals surface area contributed by atoms with Crippen LogP contribution in [0.5, 0.6) is 0 Å². The number of carbonyl (C=O) groups is 3. The fourth-order valence-corrected chi connectivity index (χ4v) is 4.90. The van der Waals surface area contributed by atoms with E-state index in [4.69, 9.17) is 4.74 Å². The molecule has 0 spiro atoms. The molecule has 2 heterocycles. The molecule has 2 aliphatic heterocycles.